The zero-order chi connectivity index (χ0) is 15.0. The van der Waals surface area contributed by atoms with Crippen LogP contribution in [-0.4, -0.2) is 19.6 Å². The molecule has 4 nitrogen and oxygen atoms in total. The summed E-state index contributed by atoms with van der Waals surface area (Å²) in [5, 5.41) is 10.1. The fourth-order valence-electron chi connectivity index (χ4n) is 2.61. The van der Waals surface area contributed by atoms with Crippen LogP contribution in [0, 0.1) is 5.82 Å². The molecule has 0 spiro atoms. The van der Waals surface area contributed by atoms with E-state index in [-0.39, 0.29) is 0 Å². The van der Waals surface area contributed by atoms with Crippen LogP contribution in [0.2, 0.25) is 0 Å². The minimum atomic E-state index is -4.04. The molecule has 0 fully saturated rings. The summed E-state index contributed by atoms with van der Waals surface area (Å²) >= 11 is 0. The summed E-state index contributed by atoms with van der Waals surface area (Å²) in [4.78, 5) is -0.415. The second-order valence-electron chi connectivity index (χ2n) is 5.00. The predicted octanol–water partition coefficient (Wildman–Crippen LogP) is 1.76. The number of aliphatic hydroxyl groups is 1. The topological polar surface area (TPSA) is 66.4 Å². The Kier molecular flexibility index (Phi) is 3.52. The first-order valence-electron chi connectivity index (χ1n) is 6.52. The van der Waals surface area contributed by atoms with Crippen LogP contribution in [0.4, 0.5) is 4.39 Å². The maximum atomic E-state index is 13.7. The van der Waals surface area contributed by atoms with Crippen LogP contribution < -0.4 is 4.72 Å². The molecule has 6 heteroatoms. The van der Waals surface area contributed by atoms with Crippen molar-refractivity contribution in [1.29, 1.82) is 0 Å². The van der Waals surface area contributed by atoms with Gasteiger partial charge < -0.3 is 5.11 Å². The lowest BCUT2D eigenvalue weighted by Crippen LogP contribution is -2.34. The van der Waals surface area contributed by atoms with Crippen molar-refractivity contribution in [1.82, 2.24) is 4.72 Å². The third kappa shape index (κ3) is 2.57. The van der Waals surface area contributed by atoms with Gasteiger partial charge in [-0.25, -0.2) is 17.5 Å². The smallest absolute Gasteiger partial charge is 0.244 e. The Morgan fingerprint density at radius 3 is 2.52 bits per heavy atom. The summed E-state index contributed by atoms with van der Waals surface area (Å²) in [7, 11) is -4.04. The molecule has 0 aliphatic heterocycles. The van der Waals surface area contributed by atoms with Crippen LogP contribution in [0.3, 0.4) is 0 Å². The molecule has 0 bridgehead atoms. The van der Waals surface area contributed by atoms with Crippen molar-refractivity contribution in [2.45, 2.75) is 23.5 Å². The molecule has 0 heterocycles. The number of halogens is 1. The van der Waals surface area contributed by atoms with E-state index in [4.69, 9.17) is 0 Å². The second-order valence-corrected chi connectivity index (χ2v) is 6.68. The van der Waals surface area contributed by atoms with Crippen molar-refractivity contribution >= 4 is 10.0 Å². The predicted molar refractivity (Wildman–Crippen MR) is 75.6 cm³/mol. The van der Waals surface area contributed by atoms with Gasteiger partial charge in [0.1, 0.15) is 10.7 Å². The van der Waals surface area contributed by atoms with Gasteiger partial charge in [0, 0.05) is 6.42 Å². The number of hydrogen-bond donors (Lipinski definition) is 2. The van der Waals surface area contributed by atoms with Crippen molar-refractivity contribution in [3.05, 3.63) is 65.5 Å². The van der Waals surface area contributed by atoms with Crippen LogP contribution in [-0.2, 0) is 16.4 Å². The quantitative estimate of drug-likeness (QED) is 0.908. The SMILES string of the molecule is O=S(=O)(NC1c2ccccc2CC1O)c1ccccc1F. The standard InChI is InChI=1S/C15H14FNO3S/c16-12-7-3-4-8-14(12)21(19,20)17-15-11-6-2-1-5-10(11)9-13(15)18/h1-8,13,15,17-18H,9H2. The lowest BCUT2D eigenvalue weighted by Gasteiger charge is -2.18. The highest BCUT2D eigenvalue weighted by Crippen LogP contribution is 2.32. The Labute approximate surface area is 122 Å². The molecule has 0 aromatic heterocycles. The van der Waals surface area contributed by atoms with Crippen LogP contribution in [0.25, 0.3) is 0 Å². The fraction of sp³-hybridized carbons (Fsp3) is 0.200. The molecule has 0 radical (unpaired) electrons. The Bertz CT molecular complexity index is 776. The van der Waals surface area contributed by atoms with Gasteiger partial charge in [0.15, 0.2) is 0 Å². The molecule has 2 atom stereocenters. The maximum Gasteiger partial charge on any atom is 0.244 e. The van der Waals surface area contributed by atoms with Crippen LogP contribution in [0.1, 0.15) is 17.2 Å². The van der Waals surface area contributed by atoms with Gasteiger partial charge in [0.25, 0.3) is 0 Å². The number of hydrogen-bond acceptors (Lipinski definition) is 3. The molecule has 0 amide bonds. The summed E-state index contributed by atoms with van der Waals surface area (Å²) in [5.74, 6) is -0.814. The normalized spacial score (nSPS) is 21.2. The van der Waals surface area contributed by atoms with Gasteiger partial charge in [0.05, 0.1) is 12.1 Å². The number of sulfonamides is 1. The molecule has 3 rings (SSSR count). The zero-order valence-electron chi connectivity index (χ0n) is 11.0. The van der Waals surface area contributed by atoms with Crippen LogP contribution in [0.5, 0.6) is 0 Å². The summed E-state index contributed by atoms with van der Waals surface area (Å²) in [6, 6.07) is 11.6. The first-order chi connectivity index (χ1) is 9.99. The molecule has 1 aliphatic carbocycles. The lowest BCUT2D eigenvalue weighted by atomic mass is 10.1. The molecule has 2 N–H and O–H groups in total. The largest absolute Gasteiger partial charge is 0.391 e. The van der Waals surface area contributed by atoms with Crippen LogP contribution >= 0.6 is 0 Å². The van der Waals surface area contributed by atoms with E-state index in [0.29, 0.717) is 6.42 Å². The molecule has 2 aromatic rings. The van der Waals surface area contributed by atoms with E-state index in [9.17, 15) is 17.9 Å². The maximum absolute atomic E-state index is 13.7. The van der Waals surface area contributed by atoms with Gasteiger partial charge in [-0.3, -0.25) is 0 Å². The van der Waals surface area contributed by atoms with E-state index in [1.807, 2.05) is 12.1 Å². The number of aliphatic hydroxyl groups excluding tert-OH is 1. The van der Waals surface area contributed by atoms with Crippen molar-refractivity contribution in [2.75, 3.05) is 0 Å². The number of fused-ring (bicyclic) bond motifs is 1. The molecule has 0 saturated carbocycles. The number of rotatable bonds is 3. The van der Waals surface area contributed by atoms with Crippen molar-refractivity contribution in [3.63, 3.8) is 0 Å². The van der Waals surface area contributed by atoms with E-state index in [0.717, 1.165) is 17.2 Å². The number of benzene rings is 2. The van der Waals surface area contributed by atoms with Gasteiger partial charge in [-0.1, -0.05) is 36.4 Å². The molecule has 0 saturated heterocycles. The highest BCUT2D eigenvalue weighted by Gasteiger charge is 2.34. The second kappa shape index (κ2) is 5.22. The highest BCUT2D eigenvalue weighted by molar-refractivity contribution is 7.89. The Balaban J connectivity index is 1.95. The monoisotopic (exact) mass is 307 g/mol. The van der Waals surface area contributed by atoms with Crippen LogP contribution in [0.15, 0.2) is 53.4 Å². The summed E-state index contributed by atoms with van der Waals surface area (Å²) in [5.41, 5.74) is 1.62. The van der Waals surface area contributed by atoms with E-state index < -0.39 is 32.9 Å². The first-order valence-corrected chi connectivity index (χ1v) is 8.00. The average Bonchev–Trinajstić information content (AvgIpc) is 2.75. The minimum absolute atomic E-state index is 0.376. The minimum Gasteiger partial charge on any atom is -0.391 e. The number of nitrogens with one attached hydrogen (secondary N) is 1. The van der Waals surface area contributed by atoms with Gasteiger partial charge >= 0.3 is 0 Å². The lowest BCUT2D eigenvalue weighted by molar-refractivity contribution is 0.151. The van der Waals surface area contributed by atoms with E-state index in [1.165, 1.54) is 18.2 Å². The summed E-state index contributed by atoms with van der Waals surface area (Å²) in [6.45, 7) is 0. The molecule has 1 aliphatic rings. The summed E-state index contributed by atoms with van der Waals surface area (Å²) < 4.78 is 40.7. The van der Waals surface area contributed by atoms with Crippen molar-refractivity contribution in [3.8, 4) is 0 Å². The van der Waals surface area contributed by atoms with Gasteiger partial charge in [-0.05, 0) is 23.3 Å². The molecular weight excluding hydrogens is 293 g/mol. The zero-order valence-corrected chi connectivity index (χ0v) is 11.8. The Morgan fingerprint density at radius 1 is 1.10 bits per heavy atom. The van der Waals surface area contributed by atoms with Gasteiger partial charge in [0.2, 0.25) is 10.0 Å². The molecular formula is C15H14FNO3S. The van der Waals surface area contributed by atoms with Crippen molar-refractivity contribution in [2.24, 2.45) is 0 Å². The van der Waals surface area contributed by atoms with E-state index >= 15 is 0 Å². The molecule has 110 valence electrons. The third-order valence-electron chi connectivity index (χ3n) is 3.61. The van der Waals surface area contributed by atoms with E-state index in [2.05, 4.69) is 4.72 Å². The van der Waals surface area contributed by atoms with Gasteiger partial charge in [-0.2, -0.15) is 0 Å². The van der Waals surface area contributed by atoms with Gasteiger partial charge in [-0.15, -0.1) is 0 Å². The summed E-state index contributed by atoms with van der Waals surface area (Å²) in [6.07, 6.45) is -0.482. The first kappa shape index (κ1) is 14.2. The highest BCUT2D eigenvalue weighted by atomic mass is 32.2. The Hall–Kier alpha value is -1.76. The fourth-order valence-corrected chi connectivity index (χ4v) is 3.94. The Morgan fingerprint density at radius 2 is 1.76 bits per heavy atom. The molecule has 2 aromatic carbocycles. The average molecular weight is 307 g/mol. The third-order valence-corrected chi connectivity index (χ3v) is 5.09. The molecule has 21 heavy (non-hydrogen) atoms. The van der Waals surface area contributed by atoms with E-state index in [1.54, 1.807) is 12.1 Å². The molecule has 2 unspecified atom stereocenters. The van der Waals surface area contributed by atoms with Crippen molar-refractivity contribution < 1.29 is 17.9 Å².